The largest absolute Gasteiger partial charge is 0.497 e. The van der Waals surface area contributed by atoms with Crippen LogP contribution < -0.4 is 10.1 Å². The Labute approximate surface area is 99.6 Å². The molecule has 0 heterocycles. The van der Waals surface area contributed by atoms with Gasteiger partial charge in [0, 0.05) is 0 Å². The lowest BCUT2D eigenvalue weighted by Gasteiger charge is -2.01. The minimum atomic E-state index is -0.658. The molecular formula is C12H14N2O3. The molecule has 0 spiro atoms. The fraction of sp³-hybridized carbons (Fsp3) is 0.167. The van der Waals surface area contributed by atoms with E-state index >= 15 is 0 Å². The molecule has 0 fully saturated rings. The second-order valence-electron chi connectivity index (χ2n) is 3.14. The Kier molecular flexibility index (Phi) is 4.75. The first-order valence-electron chi connectivity index (χ1n) is 4.91. The summed E-state index contributed by atoms with van der Waals surface area (Å²) < 4.78 is 9.38. The van der Waals surface area contributed by atoms with Gasteiger partial charge in [0.2, 0.25) is 0 Å². The van der Waals surface area contributed by atoms with E-state index in [9.17, 15) is 4.79 Å². The maximum Gasteiger partial charge on any atom is 0.412 e. The third-order valence-corrected chi connectivity index (χ3v) is 1.98. The molecule has 2 N–H and O–H groups in total. The van der Waals surface area contributed by atoms with Gasteiger partial charge in [-0.15, -0.1) is 0 Å². The van der Waals surface area contributed by atoms with Gasteiger partial charge in [0.15, 0.2) is 0 Å². The second-order valence-corrected chi connectivity index (χ2v) is 3.14. The van der Waals surface area contributed by atoms with Gasteiger partial charge in [-0.25, -0.2) is 4.79 Å². The molecule has 0 saturated heterocycles. The summed E-state index contributed by atoms with van der Waals surface area (Å²) in [6, 6.07) is 7.33. The van der Waals surface area contributed by atoms with E-state index in [-0.39, 0.29) is 5.84 Å². The van der Waals surface area contributed by atoms with Crippen molar-refractivity contribution in [2.45, 2.75) is 0 Å². The molecule has 1 aromatic carbocycles. The van der Waals surface area contributed by atoms with E-state index in [4.69, 9.17) is 10.1 Å². The molecule has 0 aliphatic rings. The number of amides is 1. The first-order valence-corrected chi connectivity index (χ1v) is 4.91. The van der Waals surface area contributed by atoms with Crippen molar-refractivity contribution in [3.8, 4) is 5.75 Å². The van der Waals surface area contributed by atoms with Crippen molar-refractivity contribution in [1.82, 2.24) is 5.32 Å². The van der Waals surface area contributed by atoms with Gasteiger partial charge in [0.1, 0.15) is 11.6 Å². The first-order chi connectivity index (χ1) is 8.15. The van der Waals surface area contributed by atoms with Crippen LogP contribution in [0.25, 0.3) is 6.08 Å². The third kappa shape index (κ3) is 4.38. The predicted octanol–water partition coefficient (Wildman–Crippen LogP) is 2.04. The van der Waals surface area contributed by atoms with E-state index in [1.807, 2.05) is 24.3 Å². The fourth-order valence-corrected chi connectivity index (χ4v) is 1.10. The summed E-state index contributed by atoms with van der Waals surface area (Å²) in [7, 11) is 2.84. The Hall–Kier alpha value is -2.30. The summed E-state index contributed by atoms with van der Waals surface area (Å²) in [4.78, 5) is 10.8. The summed E-state index contributed by atoms with van der Waals surface area (Å²) in [5.74, 6) is 0.734. The number of amidine groups is 1. The highest BCUT2D eigenvalue weighted by Crippen LogP contribution is 2.12. The van der Waals surface area contributed by atoms with Gasteiger partial charge in [-0.3, -0.25) is 10.7 Å². The molecule has 1 rings (SSSR count). The van der Waals surface area contributed by atoms with Crippen molar-refractivity contribution in [2.75, 3.05) is 14.2 Å². The quantitative estimate of drug-likeness (QED) is 0.621. The predicted molar refractivity (Wildman–Crippen MR) is 65.3 cm³/mol. The molecule has 0 saturated carbocycles. The van der Waals surface area contributed by atoms with Gasteiger partial charge in [-0.05, 0) is 23.8 Å². The number of rotatable bonds is 3. The zero-order valence-electron chi connectivity index (χ0n) is 9.69. The Balaban J connectivity index is 2.57. The zero-order valence-corrected chi connectivity index (χ0v) is 9.69. The molecule has 0 unspecified atom stereocenters. The van der Waals surface area contributed by atoms with Gasteiger partial charge < -0.3 is 9.47 Å². The van der Waals surface area contributed by atoms with Crippen LogP contribution in [0.4, 0.5) is 4.79 Å². The van der Waals surface area contributed by atoms with Crippen LogP contribution in [0, 0.1) is 5.41 Å². The lowest BCUT2D eigenvalue weighted by Crippen LogP contribution is -2.27. The van der Waals surface area contributed by atoms with Crippen LogP contribution in [-0.2, 0) is 4.74 Å². The Bertz CT molecular complexity index is 424. The van der Waals surface area contributed by atoms with E-state index in [1.54, 1.807) is 13.2 Å². The highest BCUT2D eigenvalue weighted by Gasteiger charge is 1.99. The van der Waals surface area contributed by atoms with Gasteiger partial charge in [0.05, 0.1) is 14.2 Å². The number of carbonyl (C=O) groups excluding carboxylic acids is 1. The van der Waals surface area contributed by atoms with Crippen LogP contribution in [-0.4, -0.2) is 26.1 Å². The standard InChI is InChI=1S/C12H14N2O3/c1-16-10-6-3-9(4-7-10)5-8-11(13)14-12(15)17-2/h3-8H,1-2H3,(H2,13,14,15)/b8-5+. The molecule has 0 aliphatic carbocycles. The van der Waals surface area contributed by atoms with E-state index in [0.29, 0.717) is 0 Å². The van der Waals surface area contributed by atoms with Gasteiger partial charge in [-0.2, -0.15) is 0 Å². The fourth-order valence-electron chi connectivity index (χ4n) is 1.10. The molecule has 5 nitrogen and oxygen atoms in total. The Morgan fingerprint density at radius 3 is 2.47 bits per heavy atom. The minimum absolute atomic E-state index is 0.0346. The van der Waals surface area contributed by atoms with E-state index in [1.165, 1.54) is 13.2 Å². The highest BCUT2D eigenvalue weighted by atomic mass is 16.5. The maximum absolute atomic E-state index is 10.8. The molecule has 5 heteroatoms. The van der Waals surface area contributed by atoms with E-state index in [0.717, 1.165) is 11.3 Å². The molecule has 1 amide bonds. The van der Waals surface area contributed by atoms with Crippen LogP contribution in [0.1, 0.15) is 5.56 Å². The lowest BCUT2D eigenvalue weighted by atomic mass is 10.2. The van der Waals surface area contributed by atoms with Gasteiger partial charge in [-0.1, -0.05) is 18.2 Å². The number of nitrogens with one attached hydrogen (secondary N) is 2. The van der Waals surface area contributed by atoms with Gasteiger partial charge in [0.25, 0.3) is 0 Å². The van der Waals surface area contributed by atoms with E-state index in [2.05, 4.69) is 10.1 Å². The second kappa shape index (κ2) is 6.32. The number of hydrogen-bond acceptors (Lipinski definition) is 4. The minimum Gasteiger partial charge on any atom is -0.497 e. The van der Waals surface area contributed by atoms with Crippen molar-refractivity contribution in [3.63, 3.8) is 0 Å². The topological polar surface area (TPSA) is 71.4 Å². The number of carbonyl (C=O) groups is 1. The van der Waals surface area contributed by atoms with Gasteiger partial charge >= 0.3 is 6.09 Å². The average Bonchev–Trinajstić information content (AvgIpc) is 2.36. The number of methoxy groups -OCH3 is 2. The maximum atomic E-state index is 10.8. The Morgan fingerprint density at radius 1 is 1.29 bits per heavy atom. The summed E-state index contributed by atoms with van der Waals surface area (Å²) >= 11 is 0. The van der Waals surface area contributed by atoms with Crippen LogP contribution >= 0.6 is 0 Å². The molecular weight excluding hydrogens is 220 g/mol. The molecule has 0 aromatic heterocycles. The Morgan fingerprint density at radius 2 is 1.94 bits per heavy atom. The lowest BCUT2D eigenvalue weighted by molar-refractivity contribution is 0.177. The van der Waals surface area contributed by atoms with Crippen molar-refractivity contribution in [3.05, 3.63) is 35.9 Å². The molecule has 17 heavy (non-hydrogen) atoms. The highest BCUT2D eigenvalue weighted by molar-refractivity contribution is 6.02. The SMILES string of the molecule is COC(=O)NC(=N)/C=C/c1ccc(OC)cc1. The van der Waals surface area contributed by atoms with Crippen LogP contribution in [0.3, 0.4) is 0 Å². The normalized spacial score (nSPS) is 10.0. The monoisotopic (exact) mass is 234 g/mol. The number of alkyl carbamates (subject to hydrolysis) is 1. The summed E-state index contributed by atoms with van der Waals surface area (Å²) in [6.07, 6.45) is 2.52. The molecule has 0 bridgehead atoms. The van der Waals surface area contributed by atoms with Crippen molar-refractivity contribution >= 4 is 18.0 Å². The summed E-state index contributed by atoms with van der Waals surface area (Å²) in [5.41, 5.74) is 0.905. The zero-order chi connectivity index (χ0) is 12.7. The van der Waals surface area contributed by atoms with Crippen molar-refractivity contribution in [2.24, 2.45) is 0 Å². The number of benzene rings is 1. The van der Waals surface area contributed by atoms with E-state index < -0.39 is 6.09 Å². The molecule has 0 radical (unpaired) electrons. The average molecular weight is 234 g/mol. The molecule has 90 valence electrons. The van der Waals surface area contributed by atoms with Crippen molar-refractivity contribution < 1.29 is 14.3 Å². The van der Waals surface area contributed by atoms with Crippen LogP contribution in [0.2, 0.25) is 0 Å². The number of hydrogen-bond donors (Lipinski definition) is 2. The third-order valence-electron chi connectivity index (χ3n) is 1.98. The molecule has 0 aliphatic heterocycles. The smallest absolute Gasteiger partial charge is 0.412 e. The first kappa shape index (κ1) is 12.8. The molecule has 1 aromatic rings. The molecule has 0 atom stereocenters. The van der Waals surface area contributed by atoms with Crippen molar-refractivity contribution in [1.29, 1.82) is 5.41 Å². The van der Waals surface area contributed by atoms with Crippen LogP contribution in [0.15, 0.2) is 30.3 Å². The number of ether oxygens (including phenoxy) is 2. The van der Waals surface area contributed by atoms with Crippen LogP contribution in [0.5, 0.6) is 5.75 Å². The summed E-state index contributed by atoms with van der Waals surface area (Å²) in [5, 5.41) is 9.66. The summed E-state index contributed by atoms with van der Waals surface area (Å²) in [6.45, 7) is 0.